The maximum Gasteiger partial charge on any atom is 0.213 e. The molecule has 0 unspecified atom stereocenters. The van der Waals surface area contributed by atoms with Gasteiger partial charge in [-0.25, -0.2) is 4.98 Å². The van der Waals surface area contributed by atoms with Crippen LogP contribution in [0.15, 0.2) is 18.3 Å². The molecule has 1 aliphatic rings. The molecule has 15 heavy (non-hydrogen) atoms. The zero-order valence-electron chi connectivity index (χ0n) is 9.20. The summed E-state index contributed by atoms with van der Waals surface area (Å²) in [5.41, 5.74) is 1.22. The summed E-state index contributed by atoms with van der Waals surface area (Å²) in [4.78, 5) is 4.24. The predicted molar refractivity (Wildman–Crippen MR) is 59.9 cm³/mol. The van der Waals surface area contributed by atoms with Gasteiger partial charge in [0, 0.05) is 18.8 Å². The molecule has 1 fully saturated rings. The molecule has 0 aromatic carbocycles. The molecule has 1 aromatic heterocycles. The molecular formula is C12H18N2O. The van der Waals surface area contributed by atoms with E-state index in [1.165, 1.54) is 31.2 Å². The van der Waals surface area contributed by atoms with Gasteiger partial charge in [0.05, 0.1) is 0 Å². The van der Waals surface area contributed by atoms with Gasteiger partial charge in [0.1, 0.15) is 6.10 Å². The Morgan fingerprint density at radius 2 is 2.27 bits per heavy atom. The van der Waals surface area contributed by atoms with E-state index in [0.29, 0.717) is 6.10 Å². The third kappa shape index (κ3) is 2.93. The fraction of sp³-hybridized carbons (Fsp3) is 0.583. The van der Waals surface area contributed by atoms with Crippen LogP contribution in [-0.4, -0.2) is 18.1 Å². The first-order valence-corrected chi connectivity index (χ1v) is 5.64. The first-order valence-electron chi connectivity index (χ1n) is 5.64. The average Bonchev–Trinajstić information content (AvgIpc) is 2.71. The van der Waals surface area contributed by atoms with Crippen LogP contribution in [-0.2, 0) is 6.54 Å². The molecule has 0 saturated heterocycles. The van der Waals surface area contributed by atoms with E-state index in [1.807, 2.05) is 25.4 Å². The van der Waals surface area contributed by atoms with Crippen LogP contribution in [0, 0.1) is 0 Å². The Kier molecular flexibility index (Phi) is 3.56. The van der Waals surface area contributed by atoms with E-state index in [4.69, 9.17) is 4.74 Å². The smallest absolute Gasteiger partial charge is 0.213 e. The van der Waals surface area contributed by atoms with Gasteiger partial charge in [0.15, 0.2) is 0 Å². The lowest BCUT2D eigenvalue weighted by Gasteiger charge is -2.12. The van der Waals surface area contributed by atoms with Crippen molar-refractivity contribution in [2.75, 3.05) is 7.05 Å². The first-order chi connectivity index (χ1) is 7.38. The lowest BCUT2D eigenvalue weighted by Crippen LogP contribution is -2.12. The minimum absolute atomic E-state index is 0.391. The number of hydrogen-bond donors (Lipinski definition) is 1. The van der Waals surface area contributed by atoms with Gasteiger partial charge in [-0.05, 0) is 44.4 Å². The van der Waals surface area contributed by atoms with E-state index >= 15 is 0 Å². The summed E-state index contributed by atoms with van der Waals surface area (Å²) in [6.07, 6.45) is 7.15. The monoisotopic (exact) mass is 206 g/mol. The van der Waals surface area contributed by atoms with Crippen molar-refractivity contribution in [1.82, 2.24) is 10.3 Å². The number of ether oxygens (including phenoxy) is 1. The largest absolute Gasteiger partial charge is 0.474 e. The number of nitrogens with one attached hydrogen (secondary N) is 1. The minimum Gasteiger partial charge on any atom is -0.474 e. The van der Waals surface area contributed by atoms with Gasteiger partial charge in [0.25, 0.3) is 0 Å². The van der Waals surface area contributed by atoms with E-state index in [2.05, 4.69) is 10.3 Å². The summed E-state index contributed by atoms with van der Waals surface area (Å²) in [5.74, 6) is 0.773. The van der Waals surface area contributed by atoms with Crippen molar-refractivity contribution in [2.24, 2.45) is 0 Å². The molecule has 0 aliphatic heterocycles. The second-order valence-corrected chi connectivity index (χ2v) is 4.06. The molecule has 3 heteroatoms. The van der Waals surface area contributed by atoms with E-state index in [0.717, 1.165) is 12.4 Å². The molecular weight excluding hydrogens is 188 g/mol. The molecule has 1 saturated carbocycles. The Balaban J connectivity index is 1.97. The Bertz CT molecular complexity index is 308. The molecule has 1 aliphatic carbocycles. The van der Waals surface area contributed by atoms with Crippen LogP contribution < -0.4 is 10.1 Å². The van der Waals surface area contributed by atoms with Crippen LogP contribution in [0.25, 0.3) is 0 Å². The predicted octanol–water partition coefficient (Wildman–Crippen LogP) is 2.12. The van der Waals surface area contributed by atoms with Crippen molar-refractivity contribution in [1.29, 1.82) is 0 Å². The summed E-state index contributed by atoms with van der Waals surface area (Å²) in [5, 5.41) is 3.12. The Hall–Kier alpha value is -1.09. The first kappa shape index (κ1) is 10.4. The van der Waals surface area contributed by atoms with Crippen molar-refractivity contribution < 1.29 is 4.74 Å². The zero-order chi connectivity index (χ0) is 10.5. The third-order valence-electron chi connectivity index (χ3n) is 2.77. The molecule has 2 rings (SSSR count). The van der Waals surface area contributed by atoms with Gasteiger partial charge < -0.3 is 10.1 Å². The molecule has 1 heterocycles. The van der Waals surface area contributed by atoms with Crippen LogP contribution in [0.1, 0.15) is 31.2 Å². The molecule has 3 nitrogen and oxygen atoms in total. The SMILES string of the molecule is CNCc1ccnc(OC2CCCC2)c1. The second-order valence-electron chi connectivity index (χ2n) is 4.06. The lowest BCUT2D eigenvalue weighted by atomic mass is 10.2. The van der Waals surface area contributed by atoms with Crippen molar-refractivity contribution >= 4 is 0 Å². The molecule has 0 atom stereocenters. The molecule has 1 aromatic rings. The van der Waals surface area contributed by atoms with Crippen molar-refractivity contribution in [3.8, 4) is 5.88 Å². The number of hydrogen-bond acceptors (Lipinski definition) is 3. The van der Waals surface area contributed by atoms with Gasteiger partial charge in [0.2, 0.25) is 5.88 Å². The molecule has 0 radical (unpaired) electrons. The van der Waals surface area contributed by atoms with Crippen LogP contribution in [0.4, 0.5) is 0 Å². The maximum absolute atomic E-state index is 5.82. The Labute approximate surface area is 90.9 Å². The Morgan fingerprint density at radius 1 is 1.47 bits per heavy atom. The highest BCUT2D eigenvalue weighted by Crippen LogP contribution is 2.23. The highest BCUT2D eigenvalue weighted by Gasteiger charge is 2.16. The zero-order valence-corrected chi connectivity index (χ0v) is 9.20. The average molecular weight is 206 g/mol. The van der Waals surface area contributed by atoms with Gasteiger partial charge in [-0.2, -0.15) is 0 Å². The van der Waals surface area contributed by atoms with Crippen LogP contribution >= 0.6 is 0 Å². The molecule has 0 spiro atoms. The Morgan fingerprint density at radius 3 is 3.00 bits per heavy atom. The summed E-state index contributed by atoms with van der Waals surface area (Å²) < 4.78 is 5.82. The molecule has 1 N–H and O–H groups in total. The van der Waals surface area contributed by atoms with Gasteiger partial charge in [-0.1, -0.05) is 0 Å². The van der Waals surface area contributed by atoms with Gasteiger partial charge in [-0.15, -0.1) is 0 Å². The highest BCUT2D eigenvalue weighted by molar-refractivity contribution is 5.20. The number of aromatic nitrogens is 1. The maximum atomic E-state index is 5.82. The summed E-state index contributed by atoms with van der Waals surface area (Å²) in [7, 11) is 1.94. The highest BCUT2D eigenvalue weighted by atomic mass is 16.5. The van der Waals surface area contributed by atoms with Crippen molar-refractivity contribution in [3.63, 3.8) is 0 Å². The lowest BCUT2D eigenvalue weighted by molar-refractivity contribution is 0.201. The number of pyridine rings is 1. The fourth-order valence-electron chi connectivity index (χ4n) is 2.01. The minimum atomic E-state index is 0.391. The quantitative estimate of drug-likeness (QED) is 0.819. The van der Waals surface area contributed by atoms with Crippen LogP contribution in [0.3, 0.4) is 0 Å². The standard InChI is InChI=1S/C12H18N2O/c1-13-9-10-6-7-14-12(8-10)15-11-4-2-3-5-11/h6-8,11,13H,2-5,9H2,1H3. The van der Waals surface area contributed by atoms with Crippen molar-refractivity contribution in [3.05, 3.63) is 23.9 Å². The molecule has 0 amide bonds. The normalized spacial score (nSPS) is 16.9. The number of nitrogens with zero attached hydrogens (tertiary/aromatic N) is 1. The summed E-state index contributed by atoms with van der Waals surface area (Å²) in [6.45, 7) is 0.865. The fourth-order valence-corrected chi connectivity index (χ4v) is 2.01. The second kappa shape index (κ2) is 5.12. The summed E-state index contributed by atoms with van der Waals surface area (Å²) in [6, 6.07) is 4.03. The van der Waals surface area contributed by atoms with Crippen molar-refractivity contribution in [2.45, 2.75) is 38.3 Å². The van der Waals surface area contributed by atoms with Gasteiger partial charge >= 0.3 is 0 Å². The topological polar surface area (TPSA) is 34.2 Å². The molecule has 0 bridgehead atoms. The number of rotatable bonds is 4. The summed E-state index contributed by atoms with van der Waals surface area (Å²) >= 11 is 0. The molecule has 82 valence electrons. The van der Waals surface area contributed by atoms with E-state index in [9.17, 15) is 0 Å². The van der Waals surface area contributed by atoms with Gasteiger partial charge in [-0.3, -0.25) is 0 Å². The van der Waals surface area contributed by atoms with E-state index in [-0.39, 0.29) is 0 Å². The van der Waals surface area contributed by atoms with Crippen LogP contribution in [0.2, 0.25) is 0 Å². The van der Waals surface area contributed by atoms with E-state index in [1.54, 1.807) is 0 Å². The van der Waals surface area contributed by atoms with Crippen LogP contribution in [0.5, 0.6) is 5.88 Å². The van der Waals surface area contributed by atoms with E-state index < -0.39 is 0 Å². The third-order valence-corrected chi connectivity index (χ3v) is 2.77.